The fourth-order valence-corrected chi connectivity index (χ4v) is 4.46. The molecule has 0 spiro atoms. The fraction of sp³-hybridized carbons (Fsp3) is 0.542. The minimum atomic E-state index is 0. The summed E-state index contributed by atoms with van der Waals surface area (Å²) in [5.41, 5.74) is 3.32. The molecular formula is C24H35IN6O2. The van der Waals surface area contributed by atoms with Crippen molar-refractivity contribution in [3.05, 3.63) is 47.8 Å². The van der Waals surface area contributed by atoms with Gasteiger partial charge in [0.1, 0.15) is 6.54 Å². The number of benzene rings is 1. The molecule has 2 aliphatic heterocycles. The number of nitrogens with one attached hydrogen (secondary N) is 1. The predicted octanol–water partition coefficient (Wildman–Crippen LogP) is 3.13. The minimum Gasteiger partial charge on any atom is -0.373 e. The Morgan fingerprint density at radius 3 is 2.73 bits per heavy atom. The number of carbonyl (C=O) groups is 1. The van der Waals surface area contributed by atoms with Crippen molar-refractivity contribution in [2.75, 3.05) is 44.2 Å². The van der Waals surface area contributed by atoms with Crippen LogP contribution in [0.15, 0.2) is 41.7 Å². The monoisotopic (exact) mass is 566 g/mol. The second-order valence-corrected chi connectivity index (χ2v) is 8.64. The minimum absolute atomic E-state index is 0. The molecule has 4 rings (SSSR count). The Morgan fingerprint density at radius 2 is 2.06 bits per heavy atom. The highest BCUT2D eigenvalue weighted by molar-refractivity contribution is 14.0. The maximum absolute atomic E-state index is 12.8. The van der Waals surface area contributed by atoms with E-state index < -0.39 is 0 Å². The SMILES string of the molecule is CCNC(=NCC1CCCOC1c1ccc(C)cc1)N1CCN(c2cnn(C)c2)C(=O)C1.I. The Bertz CT molecular complexity index is 945. The summed E-state index contributed by atoms with van der Waals surface area (Å²) in [7, 11) is 1.86. The molecule has 2 unspecified atom stereocenters. The smallest absolute Gasteiger partial charge is 0.246 e. The van der Waals surface area contributed by atoms with E-state index >= 15 is 0 Å². The highest BCUT2D eigenvalue weighted by Crippen LogP contribution is 2.34. The molecule has 2 saturated heterocycles. The summed E-state index contributed by atoms with van der Waals surface area (Å²) in [6.07, 6.45) is 5.83. The van der Waals surface area contributed by atoms with E-state index in [0.29, 0.717) is 25.6 Å². The molecule has 33 heavy (non-hydrogen) atoms. The van der Waals surface area contributed by atoms with Crippen molar-refractivity contribution < 1.29 is 9.53 Å². The maximum atomic E-state index is 12.8. The van der Waals surface area contributed by atoms with Gasteiger partial charge in [0, 0.05) is 51.9 Å². The van der Waals surface area contributed by atoms with E-state index in [2.05, 4.69) is 53.4 Å². The number of hydrogen-bond acceptors (Lipinski definition) is 4. The molecule has 2 atom stereocenters. The quantitative estimate of drug-likeness (QED) is 0.342. The van der Waals surface area contributed by atoms with Crippen LogP contribution in [0.3, 0.4) is 0 Å². The Balaban J connectivity index is 0.00000306. The van der Waals surface area contributed by atoms with Crippen molar-refractivity contribution in [2.45, 2.75) is 32.8 Å². The van der Waals surface area contributed by atoms with Crippen LogP contribution >= 0.6 is 24.0 Å². The van der Waals surface area contributed by atoms with Crippen LogP contribution in [0, 0.1) is 12.8 Å². The van der Waals surface area contributed by atoms with Gasteiger partial charge in [-0.1, -0.05) is 29.8 Å². The van der Waals surface area contributed by atoms with Gasteiger partial charge in [-0.15, -0.1) is 24.0 Å². The van der Waals surface area contributed by atoms with Gasteiger partial charge in [0.25, 0.3) is 0 Å². The summed E-state index contributed by atoms with van der Waals surface area (Å²) in [6, 6.07) is 8.63. The van der Waals surface area contributed by atoms with Gasteiger partial charge >= 0.3 is 0 Å². The normalized spacial score (nSPS) is 21.7. The van der Waals surface area contributed by atoms with Crippen LogP contribution < -0.4 is 10.2 Å². The zero-order valence-electron chi connectivity index (χ0n) is 19.7. The molecule has 0 bridgehead atoms. The Morgan fingerprint density at radius 1 is 1.27 bits per heavy atom. The lowest BCUT2D eigenvalue weighted by molar-refractivity contribution is -0.120. The molecule has 0 saturated carbocycles. The number of hydrogen-bond donors (Lipinski definition) is 1. The topological polar surface area (TPSA) is 75.0 Å². The molecule has 0 radical (unpaired) electrons. The number of ether oxygens (including phenoxy) is 1. The van der Waals surface area contributed by atoms with E-state index in [0.717, 1.165) is 44.2 Å². The Hall–Kier alpha value is -2.14. The highest BCUT2D eigenvalue weighted by atomic mass is 127. The third-order valence-electron chi connectivity index (χ3n) is 6.18. The third-order valence-corrected chi connectivity index (χ3v) is 6.18. The zero-order valence-corrected chi connectivity index (χ0v) is 22.1. The summed E-state index contributed by atoms with van der Waals surface area (Å²) in [5, 5.41) is 7.57. The lowest BCUT2D eigenvalue weighted by atomic mass is 9.89. The first-order valence-corrected chi connectivity index (χ1v) is 11.6. The van der Waals surface area contributed by atoms with E-state index in [-0.39, 0.29) is 36.0 Å². The van der Waals surface area contributed by atoms with Gasteiger partial charge in [-0.2, -0.15) is 5.10 Å². The van der Waals surface area contributed by atoms with Crippen LogP contribution in [-0.4, -0.2) is 65.9 Å². The summed E-state index contributed by atoms with van der Waals surface area (Å²) >= 11 is 0. The first kappa shape index (κ1) is 25.5. The number of halogens is 1. The number of rotatable bonds is 5. The highest BCUT2D eigenvalue weighted by Gasteiger charge is 2.30. The number of aliphatic imine (C=N–C) groups is 1. The number of aryl methyl sites for hydroxylation is 2. The summed E-state index contributed by atoms with van der Waals surface area (Å²) in [4.78, 5) is 21.7. The maximum Gasteiger partial charge on any atom is 0.246 e. The summed E-state index contributed by atoms with van der Waals surface area (Å²) in [6.45, 7) is 8.05. The van der Waals surface area contributed by atoms with Gasteiger partial charge in [0.2, 0.25) is 5.91 Å². The number of anilines is 1. The van der Waals surface area contributed by atoms with Crippen LogP contribution in [0.4, 0.5) is 5.69 Å². The standard InChI is InChI=1S/C24H34N6O2.HI/c1-4-25-24(29-11-12-30(22(31)17-29)21-15-27-28(3)16-21)26-14-20-6-5-13-32-23(20)19-9-7-18(2)8-10-19;/h7-10,15-16,20,23H,4-6,11-14,17H2,1-3H3,(H,25,26);1H. The number of amides is 1. The molecule has 1 aromatic heterocycles. The van der Waals surface area contributed by atoms with Crippen molar-refractivity contribution in [1.29, 1.82) is 0 Å². The van der Waals surface area contributed by atoms with Gasteiger partial charge in [-0.3, -0.25) is 14.5 Å². The zero-order chi connectivity index (χ0) is 22.5. The van der Waals surface area contributed by atoms with Crippen molar-refractivity contribution in [3.8, 4) is 0 Å². The third kappa shape index (κ3) is 6.26. The van der Waals surface area contributed by atoms with Gasteiger partial charge < -0.3 is 19.9 Å². The van der Waals surface area contributed by atoms with Crippen molar-refractivity contribution in [3.63, 3.8) is 0 Å². The first-order valence-electron chi connectivity index (χ1n) is 11.6. The molecule has 2 fully saturated rings. The molecule has 0 aliphatic carbocycles. The fourth-order valence-electron chi connectivity index (χ4n) is 4.46. The molecule has 2 aromatic rings. The Labute approximate surface area is 213 Å². The molecule has 180 valence electrons. The van der Waals surface area contributed by atoms with Crippen LogP contribution in [0.1, 0.15) is 37.0 Å². The number of nitrogens with zero attached hydrogens (tertiary/aromatic N) is 5. The number of piperazine rings is 1. The van der Waals surface area contributed by atoms with E-state index in [1.807, 2.05) is 13.2 Å². The average Bonchev–Trinajstić information content (AvgIpc) is 3.23. The molecule has 2 aliphatic rings. The lowest BCUT2D eigenvalue weighted by Crippen LogP contribution is -2.55. The van der Waals surface area contributed by atoms with Gasteiger partial charge in [0.15, 0.2) is 5.96 Å². The van der Waals surface area contributed by atoms with Gasteiger partial charge in [0.05, 0.1) is 18.0 Å². The van der Waals surface area contributed by atoms with Crippen LogP contribution in [0.5, 0.6) is 0 Å². The first-order chi connectivity index (χ1) is 15.5. The van der Waals surface area contributed by atoms with Gasteiger partial charge in [-0.25, -0.2) is 0 Å². The molecule has 9 heteroatoms. The van der Waals surface area contributed by atoms with Crippen molar-refractivity contribution >= 4 is 41.5 Å². The lowest BCUT2D eigenvalue weighted by Gasteiger charge is -2.36. The summed E-state index contributed by atoms with van der Waals surface area (Å²) < 4.78 is 7.88. The van der Waals surface area contributed by atoms with Crippen molar-refractivity contribution in [2.24, 2.45) is 18.0 Å². The molecule has 3 heterocycles. The van der Waals surface area contributed by atoms with E-state index in [1.54, 1.807) is 15.8 Å². The van der Waals surface area contributed by atoms with Gasteiger partial charge in [-0.05, 0) is 32.3 Å². The largest absolute Gasteiger partial charge is 0.373 e. The number of guanidine groups is 1. The van der Waals surface area contributed by atoms with E-state index in [1.165, 1.54) is 11.1 Å². The molecule has 1 aromatic carbocycles. The van der Waals surface area contributed by atoms with Crippen LogP contribution in [0.2, 0.25) is 0 Å². The molecular weight excluding hydrogens is 531 g/mol. The van der Waals surface area contributed by atoms with Crippen molar-refractivity contribution in [1.82, 2.24) is 20.0 Å². The van der Waals surface area contributed by atoms with E-state index in [9.17, 15) is 4.79 Å². The van der Waals surface area contributed by atoms with Crippen LogP contribution in [-0.2, 0) is 16.6 Å². The number of aromatic nitrogens is 2. The second-order valence-electron chi connectivity index (χ2n) is 8.64. The van der Waals surface area contributed by atoms with Crippen LogP contribution in [0.25, 0.3) is 0 Å². The molecule has 1 amide bonds. The Kier molecular flexibility index (Phi) is 9.13. The average molecular weight is 566 g/mol. The van der Waals surface area contributed by atoms with E-state index in [4.69, 9.17) is 9.73 Å². The predicted molar refractivity (Wildman–Crippen MR) is 141 cm³/mol. The molecule has 8 nitrogen and oxygen atoms in total. The number of carbonyl (C=O) groups excluding carboxylic acids is 1. The summed E-state index contributed by atoms with van der Waals surface area (Å²) in [5.74, 6) is 1.20. The second kappa shape index (κ2) is 11.8. The molecule has 1 N–H and O–H groups in total.